The SMILES string of the molecule is O=C1CCC(N2C(=O)c3cccc4c(C(F)c5c[nH]c6ncccc56)ccc2c34)C(=O)N1. The van der Waals surface area contributed by atoms with Crippen LogP contribution in [0.25, 0.3) is 21.8 Å². The van der Waals surface area contributed by atoms with Gasteiger partial charge in [0, 0.05) is 40.7 Å². The quantitative estimate of drug-likeness (QED) is 0.488. The lowest BCUT2D eigenvalue weighted by atomic mass is 9.94. The van der Waals surface area contributed by atoms with Crippen molar-refractivity contribution in [3.63, 3.8) is 0 Å². The molecule has 8 heteroatoms. The number of aromatic nitrogens is 2. The average Bonchev–Trinajstić information content (AvgIpc) is 3.35. The molecule has 2 aromatic heterocycles. The minimum atomic E-state index is -1.43. The third kappa shape index (κ3) is 2.52. The Balaban J connectivity index is 1.49. The van der Waals surface area contributed by atoms with Gasteiger partial charge in [-0.3, -0.25) is 24.6 Å². The number of carbonyl (C=O) groups excluding carboxylic acids is 3. The Labute approximate surface area is 181 Å². The molecule has 3 amide bonds. The van der Waals surface area contributed by atoms with Crippen molar-refractivity contribution < 1.29 is 18.8 Å². The molecule has 1 saturated heterocycles. The Bertz CT molecular complexity index is 1460. The first-order valence-corrected chi connectivity index (χ1v) is 10.3. The molecular weight excluding hydrogens is 411 g/mol. The maximum absolute atomic E-state index is 15.9. The van der Waals surface area contributed by atoms with Gasteiger partial charge in [0.2, 0.25) is 11.8 Å². The Kier molecular flexibility index (Phi) is 3.92. The molecule has 6 rings (SSSR count). The van der Waals surface area contributed by atoms with E-state index < -0.39 is 18.1 Å². The summed E-state index contributed by atoms with van der Waals surface area (Å²) >= 11 is 0. The molecular formula is C24H17FN4O3. The van der Waals surface area contributed by atoms with Crippen molar-refractivity contribution in [1.82, 2.24) is 15.3 Å². The van der Waals surface area contributed by atoms with E-state index in [9.17, 15) is 14.4 Å². The van der Waals surface area contributed by atoms with Crippen molar-refractivity contribution in [2.45, 2.75) is 25.1 Å². The van der Waals surface area contributed by atoms with Crippen molar-refractivity contribution in [2.24, 2.45) is 0 Å². The number of alkyl halides is 1. The van der Waals surface area contributed by atoms with Crippen LogP contribution in [0.1, 0.15) is 40.5 Å². The molecule has 1 fully saturated rings. The fourth-order valence-corrected chi connectivity index (χ4v) is 4.84. The lowest BCUT2D eigenvalue weighted by molar-refractivity contribution is -0.134. The number of H-pyrrole nitrogens is 1. The Hall–Kier alpha value is -4.07. The average molecular weight is 428 g/mol. The molecule has 0 bridgehead atoms. The van der Waals surface area contributed by atoms with Gasteiger partial charge in [-0.2, -0.15) is 0 Å². The maximum Gasteiger partial charge on any atom is 0.259 e. The van der Waals surface area contributed by atoms with E-state index in [0.717, 1.165) is 0 Å². The molecule has 2 unspecified atom stereocenters. The number of hydrogen-bond donors (Lipinski definition) is 2. The van der Waals surface area contributed by atoms with Crippen LogP contribution >= 0.6 is 0 Å². The van der Waals surface area contributed by atoms with Crippen LogP contribution < -0.4 is 10.2 Å². The fraction of sp³-hybridized carbons (Fsp3) is 0.167. The van der Waals surface area contributed by atoms with Gasteiger partial charge < -0.3 is 4.98 Å². The summed E-state index contributed by atoms with van der Waals surface area (Å²) in [7, 11) is 0. The van der Waals surface area contributed by atoms with E-state index >= 15 is 4.39 Å². The third-order valence-electron chi connectivity index (χ3n) is 6.31. The molecule has 2 aliphatic heterocycles. The van der Waals surface area contributed by atoms with Gasteiger partial charge in [-0.15, -0.1) is 0 Å². The number of nitrogens with one attached hydrogen (secondary N) is 2. The minimum absolute atomic E-state index is 0.166. The Morgan fingerprint density at radius 2 is 1.88 bits per heavy atom. The highest BCUT2D eigenvalue weighted by atomic mass is 19.1. The zero-order chi connectivity index (χ0) is 22.0. The number of hydrogen-bond acceptors (Lipinski definition) is 4. The fourth-order valence-electron chi connectivity index (χ4n) is 4.84. The molecule has 0 spiro atoms. The predicted octanol–water partition coefficient (Wildman–Crippen LogP) is 3.54. The number of anilines is 1. The van der Waals surface area contributed by atoms with Crippen molar-refractivity contribution in [2.75, 3.05) is 4.90 Å². The summed E-state index contributed by atoms with van der Waals surface area (Å²) in [5.74, 6) is -1.15. The lowest BCUT2D eigenvalue weighted by Gasteiger charge is -2.30. The number of halogens is 1. The summed E-state index contributed by atoms with van der Waals surface area (Å²) < 4.78 is 15.9. The van der Waals surface area contributed by atoms with E-state index in [-0.39, 0.29) is 24.7 Å². The molecule has 4 heterocycles. The van der Waals surface area contributed by atoms with Crippen molar-refractivity contribution in [1.29, 1.82) is 0 Å². The molecule has 4 aromatic rings. The van der Waals surface area contributed by atoms with E-state index in [1.807, 2.05) is 6.07 Å². The van der Waals surface area contributed by atoms with Gasteiger partial charge in [0.05, 0.1) is 5.69 Å². The van der Waals surface area contributed by atoms with Crippen LogP contribution in [-0.2, 0) is 9.59 Å². The first-order chi connectivity index (χ1) is 15.5. The minimum Gasteiger partial charge on any atom is -0.346 e. The van der Waals surface area contributed by atoms with Gasteiger partial charge >= 0.3 is 0 Å². The summed E-state index contributed by atoms with van der Waals surface area (Å²) in [5.41, 5.74) is 2.51. The molecule has 7 nitrogen and oxygen atoms in total. The van der Waals surface area contributed by atoms with Gasteiger partial charge in [-0.05, 0) is 41.6 Å². The maximum atomic E-state index is 15.9. The summed E-state index contributed by atoms with van der Waals surface area (Å²) in [4.78, 5) is 45.9. The molecule has 158 valence electrons. The highest BCUT2D eigenvalue weighted by Gasteiger charge is 2.41. The van der Waals surface area contributed by atoms with Crippen LogP contribution in [0.2, 0.25) is 0 Å². The molecule has 0 saturated carbocycles. The van der Waals surface area contributed by atoms with Crippen LogP contribution in [0.3, 0.4) is 0 Å². The van der Waals surface area contributed by atoms with Crippen LogP contribution in [0.5, 0.6) is 0 Å². The van der Waals surface area contributed by atoms with Gasteiger partial charge in [0.15, 0.2) is 6.17 Å². The van der Waals surface area contributed by atoms with Gasteiger partial charge in [0.25, 0.3) is 5.91 Å². The second kappa shape index (κ2) is 6.71. The van der Waals surface area contributed by atoms with E-state index in [4.69, 9.17) is 0 Å². The Morgan fingerprint density at radius 3 is 2.72 bits per heavy atom. The topological polar surface area (TPSA) is 95.2 Å². The number of benzene rings is 2. The second-order valence-electron chi connectivity index (χ2n) is 8.05. The lowest BCUT2D eigenvalue weighted by Crippen LogP contribution is -2.53. The van der Waals surface area contributed by atoms with E-state index in [1.165, 1.54) is 4.90 Å². The number of rotatable bonds is 3. The first-order valence-electron chi connectivity index (χ1n) is 10.3. The molecule has 2 atom stereocenters. The number of amides is 3. The van der Waals surface area contributed by atoms with Crippen molar-refractivity contribution in [3.05, 3.63) is 71.5 Å². The van der Waals surface area contributed by atoms with E-state index in [0.29, 0.717) is 44.2 Å². The number of fused-ring (bicyclic) bond motifs is 1. The van der Waals surface area contributed by atoms with Gasteiger partial charge in [-0.25, -0.2) is 9.37 Å². The van der Waals surface area contributed by atoms with E-state index in [1.54, 1.807) is 48.8 Å². The number of aromatic amines is 1. The largest absolute Gasteiger partial charge is 0.346 e. The first kappa shape index (κ1) is 18.7. The summed E-state index contributed by atoms with van der Waals surface area (Å²) in [6.45, 7) is 0. The number of imide groups is 1. The van der Waals surface area contributed by atoms with Crippen LogP contribution in [-0.4, -0.2) is 33.7 Å². The molecule has 2 aliphatic rings. The Morgan fingerprint density at radius 1 is 1.03 bits per heavy atom. The number of carbonyl (C=O) groups is 3. The monoisotopic (exact) mass is 428 g/mol. The predicted molar refractivity (Wildman–Crippen MR) is 116 cm³/mol. The van der Waals surface area contributed by atoms with Crippen LogP contribution in [0.4, 0.5) is 10.1 Å². The van der Waals surface area contributed by atoms with Gasteiger partial charge in [-0.1, -0.05) is 18.2 Å². The van der Waals surface area contributed by atoms with Gasteiger partial charge in [0.1, 0.15) is 11.7 Å². The molecule has 2 aromatic carbocycles. The zero-order valence-corrected chi connectivity index (χ0v) is 16.8. The van der Waals surface area contributed by atoms with E-state index in [2.05, 4.69) is 15.3 Å². The third-order valence-corrected chi connectivity index (χ3v) is 6.31. The van der Waals surface area contributed by atoms with Crippen molar-refractivity contribution in [3.8, 4) is 0 Å². The summed E-state index contributed by atoms with van der Waals surface area (Å²) in [5, 5.41) is 4.25. The van der Waals surface area contributed by atoms with Crippen LogP contribution in [0.15, 0.2) is 54.9 Å². The highest BCUT2D eigenvalue weighted by Crippen LogP contribution is 2.44. The highest BCUT2D eigenvalue weighted by molar-refractivity contribution is 6.27. The molecule has 32 heavy (non-hydrogen) atoms. The smallest absolute Gasteiger partial charge is 0.259 e. The molecule has 0 radical (unpaired) electrons. The normalized spacial score (nSPS) is 19.1. The summed E-state index contributed by atoms with van der Waals surface area (Å²) in [6, 6.07) is 11.4. The number of pyridine rings is 1. The molecule has 0 aliphatic carbocycles. The summed E-state index contributed by atoms with van der Waals surface area (Å²) in [6.07, 6.45) is 2.24. The van der Waals surface area contributed by atoms with Crippen molar-refractivity contribution >= 4 is 45.2 Å². The number of piperidine rings is 1. The second-order valence-corrected chi connectivity index (χ2v) is 8.05. The zero-order valence-electron chi connectivity index (χ0n) is 16.8. The standard InChI is InChI=1S/C24H17FN4O3/c25-21(16-11-27-22-14(16)5-2-10-26-22)13-6-7-17-20-12(13)3-1-4-15(20)24(32)29(17)18-8-9-19(30)28-23(18)31/h1-7,10-11,18,21H,8-9H2,(H,26,27)(H,28,30,31). The number of nitrogens with zero attached hydrogens (tertiary/aromatic N) is 2. The molecule has 2 N–H and O–H groups in total. The van der Waals surface area contributed by atoms with Crippen LogP contribution in [0, 0.1) is 0 Å².